The predicted octanol–water partition coefficient (Wildman–Crippen LogP) is 1.66. The van der Waals surface area contributed by atoms with Crippen molar-refractivity contribution >= 4 is 23.5 Å². The smallest absolute Gasteiger partial charge is 0.335 e. The van der Waals surface area contributed by atoms with Crippen molar-refractivity contribution in [1.82, 2.24) is 9.80 Å². The molecule has 0 unspecified atom stereocenters. The maximum absolute atomic E-state index is 12.5. The van der Waals surface area contributed by atoms with Crippen LogP contribution in [-0.4, -0.2) is 70.4 Å². The number of carbonyl (C=O) groups is 3. The summed E-state index contributed by atoms with van der Waals surface area (Å²) in [7, 11) is 0. The Morgan fingerprint density at radius 3 is 1.97 bits per heavy atom. The first kappa shape index (κ1) is 20.8. The lowest BCUT2D eigenvalue weighted by molar-refractivity contribution is -0.384. The molecule has 156 valence electrons. The number of nitrogens with zero attached hydrogens (tertiary/aromatic N) is 3. The van der Waals surface area contributed by atoms with Gasteiger partial charge in [0.2, 0.25) is 0 Å². The SMILES string of the molecule is O=C(O)c1ccc(C(=O)N2CCN(C(=O)COc3ccc([N+](=O)[O-])cc3)CC2)cc1. The number of benzene rings is 2. The molecule has 1 aliphatic rings. The molecule has 10 nitrogen and oxygen atoms in total. The van der Waals surface area contributed by atoms with Gasteiger partial charge in [0, 0.05) is 43.9 Å². The minimum absolute atomic E-state index is 0.0629. The first-order valence-corrected chi connectivity index (χ1v) is 9.13. The molecular weight excluding hydrogens is 394 g/mol. The third kappa shape index (κ3) is 4.90. The minimum atomic E-state index is -1.06. The van der Waals surface area contributed by atoms with Gasteiger partial charge in [-0.2, -0.15) is 0 Å². The second kappa shape index (κ2) is 9.03. The molecule has 2 aromatic carbocycles. The van der Waals surface area contributed by atoms with Crippen molar-refractivity contribution in [2.45, 2.75) is 0 Å². The van der Waals surface area contributed by atoms with Crippen LogP contribution in [-0.2, 0) is 4.79 Å². The molecule has 0 bridgehead atoms. The second-order valence-electron chi connectivity index (χ2n) is 6.60. The van der Waals surface area contributed by atoms with Crippen LogP contribution in [0.3, 0.4) is 0 Å². The topological polar surface area (TPSA) is 130 Å². The second-order valence-corrected chi connectivity index (χ2v) is 6.60. The van der Waals surface area contributed by atoms with Gasteiger partial charge < -0.3 is 19.6 Å². The maximum Gasteiger partial charge on any atom is 0.335 e. The zero-order valence-electron chi connectivity index (χ0n) is 15.9. The van der Waals surface area contributed by atoms with Gasteiger partial charge >= 0.3 is 5.97 Å². The van der Waals surface area contributed by atoms with Crippen LogP contribution < -0.4 is 4.74 Å². The summed E-state index contributed by atoms with van der Waals surface area (Å²) in [5.41, 5.74) is 0.434. The number of hydrogen-bond acceptors (Lipinski definition) is 6. The number of rotatable bonds is 6. The molecule has 0 atom stereocenters. The standard InChI is InChI=1S/C20H19N3O7/c24-18(13-30-17-7-5-16(6-8-17)23(28)29)21-9-11-22(12-10-21)19(25)14-1-3-15(4-2-14)20(26)27/h1-8H,9-13H2,(H,26,27). The number of nitro groups is 1. The zero-order chi connectivity index (χ0) is 21.7. The monoisotopic (exact) mass is 413 g/mol. The molecule has 0 aromatic heterocycles. The van der Waals surface area contributed by atoms with Gasteiger partial charge in [0.1, 0.15) is 5.75 Å². The van der Waals surface area contributed by atoms with Gasteiger partial charge in [-0.05, 0) is 36.4 Å². The van der Waals surface area contributed by atoms with Crippen molar-refractivity contribution in [3.8, 4) is 5.75 Å². The molecular formula is C20H19N3O7. The molecule has 3 rings (SSSR count). The van der Waals surface area contributed by atoms with Crippen molar-refractivity contribution in [1.29, 1.82) is 0 Å². The molecule has 0 spiro atoms. The quantitative estimate of drug-likeness (QED) is 0.563. The van der Waals surface area contributed by atoms with E-state index in [1.807, 2.05) is 0 Å². The third-order valence-electron chi connectivity index (χ3n) is 4.71. The Labute approximate surface area is 171 Å². The molecule has 1 aliphatic heterocycles. The van der Waals surface area contributed by atoms with E-state index < -0.39 is 10.9 Å². The van der Waals surface area contributed by atoms with Crippen molar-refractivity contribution < 1.29 is 29.2 Å². The molecule has 1 saturated heterocycles. The number of nitro benzene ring substituents is 1. The normalized spacial score (nSPS) is 13.6. The van der Waals surface area contributed by atoms with Gasteiger partial charge in [-0.3, -0.25) is 19.7 Å². The molecule has 10 heteroatoms. The van der Waals surface area contributed by atoms with Gasteiger partial charge in [0.15, 0.2) is 6.61 Å². The van der Waals surface area contributed by atoms with Crippen LogP contribution in [0.2, 0.25) is 0 Å². The lowest BCUT2D eigenvalue weighted by Crippen LogP contribution is -2.51. The predicted molar refractivity (Wildman–Crippen MR) is 104 cm³/mol. The highest BCUT2D eigenvalue weighted by molar-refractivity contribution is 5.96. The summed E-state index contributed by atoms with van der Waals surface area (Å²) < 4.78 is 5.39. The van der Waals surface area contributed by atoms with E-state index in [-0.39, 0.29) is 29.7 Å². The fourth-order valence-electron chi connectivity index (χ4n) is 3.00. The number of amides is 2. The van der Waals surface area contributed by atoms with E-state index >= 15 is 0 Å². The number of non-ortho nitro benzene ring substituents is 1. The molecule has 1 fully saturated rings. The Hall–Kier alpha value is -3.95. The fraction of sp³-hybridized carbons (Fsp3) is 0.250. The Balaban J connectivity index is 1.48. The summed E-state index contributed by atoms with van der Waals surface area (Å²) in [5, 5.41) is 19.6. The largest absolute Gasteiger partial charge is 0.484 e. The average molecular weight is 413 g/mol. The number of hydrogen-bond donors (Lipinski definition) is 1. The van der Waals surface area contributed by atoms with Crippen LogP contribution in [0.1, 0.15) is 20.7 Å². The highest BCUT2D eigenvalue weighted by Crippen LogP contribution is 2.17. The van der Waals surface area contributed by atoms with Crippen LogP contribution in [0.5, 0.6) is 5.75 Å². The van der Waals surface area contributed by atoms with Gasteiger partial charge in [-0.15, -0.1) is 0 Å². The zero-order valence-corrected chi connectivity index (χ0v) is 15.9. The summed E-state index contributed by atoms with van der Waals surface area (Å²) in [5.74, 6) is -1.17. The number of piperazine rings is 1. The summed E-state index contributed by atoms with van der Waals surface area (Å²) in [6.07, 6.45) is 0. The van der Waals surface area contributed by atoms with Crippen molar-refractivity contribution in [2.24, 2.45) is 0 Å². The summed E-state index contributed by atoms with van der Waals surface area (Å²) >= 11 is 0. The number of carbonyl (C=O) groups excluding carboxylic acids is 2. The first-order valence-electron chi connectivity index (χ1n) is 9.13. The van der Waals surface area contributed by atoms with Crippen LogP contribution in [0.25, 0.3) is 0 Å². The van der Waals surface area contributed by atoms with Crippen LogP contribution in [0, 0.1) is 10.1 Å². The van der Waals surface area contributed by atoms with Crippen molar-refractivity contribution in [3.05, 3.63) is 69.8 Å². The molecule has 30 heavy (non-hydrogen) atoms. The summed E-state index contributed by atoms with van der Waals surface area (Å²) in [6, 6.07) is 11.2. The lowest BCUT2D eigenvalue weighted by Gasteiger charge is -2.34. The van der Waals surface area contributed by atoms with Crippen molar-refractivity contribution in [2.75, 3.05) is 32.8 Å². The van der Waals surface area contributed by atoms with E-state index in [1.54, 1.807) is 9.80 Å². The lowest BCUT2D eigenvalue weighted by atomic mass is 10.1. The van der Waals surface area contributed by atoms with Crippen LogP contribution >= 0.6 is 0 Å². The minimum Gasteiger partial charge on any atom is -0.484 e. The number of carboxylic acid groups (broad SMARTS) is 1. The molecule has 0 aliphatic carbocycles. The Morgan fingerprint density at radius 2 is 1.43 bits per heavy atom. The Kier molecular flexibility index (Phi) is 6.26. The molecule has 2 amide bonds. The molecule has 2 aromatic rings. The average Bonchev–Trinajstić information content (AvgIpc) is 2.77. The van der Waals surface area contributed by atoms with E-state index in [9.17, 15) is 24.5 Å². The van der Waals surface area contributed by atoms with Gasteiger partial charge in [-0.25, -0.2) is 4.79 Å². The molecule has 1 heterocycles. The van der Waals surface area contributed by atoms with E-state index in [0.29, 0.717) is 37.5 Å². The van der Waals surface area contributed by atoms with E-state index in [4.69, 9.17) is 9.84 Å². The summed E-state index contributed by atoms with van der Waals surface area (Å²) in [6.45, 7) is 1.19. The maximum atomic E-state index is 12.5. The first-order chi connectivity index (χ1) is 14.3. The Bertz CT molecular complexity index is 949. The third-order valence-corrected chi connectivity index (χ3v) is 4.71. The van der Waals surface area contributed by atoms with Gasteiger partial charge in [0.05, 0.1) is 10.5 Å². The highest BCUT2D eigenvalue weighted by atomic mass is 16.6. The molecule has 0 radical (unpaired) electrons. The number of aromatic carboxylic acids is 1. The van der Waals surface area contributed by atoms with Crippen LogP contribution in [0.15, 0.2) is 48.5 Å². The van der Waals surface area contributed by atoms with E-state index in [1.165, 1.54) is 48.5 Å². The van der Waals surface area contributed by atoms with Crippen molar-refractivity contribution in [3.63, 3.8) is 0 Å². The summed E-state index contributed by atoms with van der Waals surface area (Å²) in [4.78, 5) is 49.1. The highest BCUT2D eigenvalue weighted by Gasteiger charge is 2.25. The molecule has 0 saturated carbocycles. The number of carboxylic acids is 1. The Morgan fingerprint density at radius 1 is 0.900 bits per heavy atom. The number of ether oxygens (including phenoxy) is 1. The van der Waals surface area contributed by atoms with E-state index in [0.717, 1.165) is 0 Å². The molecule has 1 N–H and O–H groups in total. The fourth-order valence-corrected chi connectivity index (χ4v) is 3.00. The van der Waals surface area contributed by atoms with Gasteiger partial charge in [-0.1, -0.05) is 0 Å². The van der Waals surface area contributed by atoms with Crippen LogP contribution in [0.4, 0.5) is 5.69 Å². The van der Waals surface area contributed by atoms with Gasteiger partial charge in [0.25, 0.3) is 17.5 Å². The van der Waals surface area contributed by atoms with E-state index in [2.05, 4.69) is 0 Å².